The fraction of sp³-hybridized carbons (Fsp3) is 0.167. The number of rotatable bonds is 4. The molecule has 2 N–H and O–H groups in total. The zero-order valence-corrected chi connectivity index (χ0v) is 12.6. The van der Waals surface area contributed by atoms with Crippen molar-refractivity contribution in [2.24, 2.45) is 0 Å². The predicted octanol–water partition coefficient (Wildman–Crippen LogP) is 3.67. The second-order valence-electron chi connectivity index (χ2n) is 5.29. The van der Waals surface area contributed by atoms with Crippen molar-refractivity contribution in [1.82, 2.24) is 4.98 Å². The molecule has 0 unspecified atom stereocenters. The Bertz CT molecular complexity index is 821. The molecule has 4 nitrogen and oxygen atoms in total. The number of para-hydroxylation sites is 2. The third-order valence-electron chi connectivity index (χ3n) is 3.65. The van der Waals surface area contributed by atoms with Gasteiger partial charge in [-0.15, -0.1) is 0 Å². The van der Waals surface area contributed by atoms with E-state index in [4.69, 9.17) is 4.74 Å². The van der Waals surface area contributed by atoms with Crippen LogP contribution < -0.4 is 10.1 Å². The van der Waals surface area contributed by atoms with E-state index in [1.54, 1.807) is 7.11 Å². The van der Waals surface area contributed by atoms with Crippen LogP contribution in [0.15, 0.2) is 48.7 Å². The molecule has 0 bridgehead atoms. The van der Waals surface area contributed by atoms with Gasteiger partial charge in [0.15, 0.2) is 0 Å². The van der Waals surface area contributed by atoms with E-state index in [1.165, 1.54) is 5.56 Å². The summed E-state index contributed by atoms with van der Waals surface area (Å²) >= 11 is 0. The molecule has 0 saturated heterocycles. The summed E-state index contributed by atoms with van der Waals surface area (Å²) in [5, 5.41) is 3.98. The first kappa shape index (κ1) is 14.2. The van der Waals surface area contributed by atoms with E-state index in [0.717, 1.165) is 16.5 Å². The summed E-state index contributed by atoms with van der Waals surface area (Å²) in [5.74, 6) is 0.594. The van der Waals surface area contributed by atoms with Gasteiger partial charge in [0.05, 0.1) is 19.2 Å². The number of hydrogen-bond acceptors (Lipinski definition) is 2. The topological polar surface area (TPSA) is 54.1 Å². The number of methoxy groups -OCH3 is 1. The van der Waals surface area contributed by atoms with Crippen molar-refractivity contribution in [3.05, 3.63) is 59.8 Å². The molecule has 0 atom stereocenters. The van der Waals surface area contributed by atoms with Crippen LogP contribution in [0.4, 0.5) is 5.69 Å². The number of aryl methyl sites for hydroxylation is 1. The largest absolute Gasteiger partial charge is 0.495 e. The third-order valence-corrected chi connectivity index (χ3v) is 3.65. The first-order valence-electron chi connectivity index (χ1n) is 7.17. The smallest absolute Gasteiger partial charge is 0.228 e. The maximum atomic E-state index is 12.3. The average Bonchev–Trinajstić information content (AvgIpc) is 2.89. The van der Waals surface area contributed by atoms with Crippen molar-refractivity contribution in [1.29, 1.82) is 0 Å². The predicted molar refractivity (Wildman–Crippen MR) is 88.4 cm³/mol. The summed E-state index contributed by atoms with van der Waals surface area (Å²) in [6.45, 7) is 2.05. The van der Waals surface area contributed by atoms with Gasteiger partial charge in [-0.25, -0.2) is 0 Å². The van der Waals surface area contributed by atoms with E-state index in [-0.39, 0.29) is 5.91 Å². The molecule has 1 aromatic heterocycles. The number of nitrogens with one attached hydrogen (secondary N) is 2. The number of aromatic amines is 1. The molecule has 0 fully saturated rings. The molecule has 4 heteroatoms. The summed E-state index contributed by atoms with van der Waals surface area (Å²) in [5.41, 5.74) is 3.92. The number of anilines is 1. The summed E-state index contributed by atoms with van der Waals surface area (Å²) in [7, 11) is 1.59. The van der Waals surface area contributed by atoms with Gasteiger partial charge in [-0.05, 0) is 36.2 Å². The Morgan fingerprint density at radius 3 is 2.86 bits per heavy atom. The van der Waals surface area contributed by atoms with E-state index in [0.29, 0.717) is 17.9 Å². The normalized spacial score (nSPS) is 10.6. The number of carbonyl (C=O) groups excluding carboxylic acids is 1. The minimum absolute atomic E-state index is 0.0639. The Morgan fingerprint density at radius 1 is 1.23 bits per heavy atom. The number of benzene rings is 2. The Hall–Kier alpha value is -2.75. The molecular formula is C18H18N2O2. The second-order valence-corrected chi connectivity index (χ2v) is 5.29. The Balaban J connectivity index is 1.78. The fourth-order valence-corrected chi connectivity index (χ4v) is 2.56. The molecular weight excluding hydrogens is 276 g/mol. The number of hydrogen-bond donors (Lipinski definition) is 2. The number of aromatic nitrogens is 1. The van der Waals surface area contributed by atoms with Crippen molar-refractivity contribution in [3.63, 3.8) is 0 Å². The van der Waals surface area contributed by atoms with Crippen molar-refractivity contribution in [3.8, 4) is 5.75 Å². The molecule has 3 aromatic rings. The van der Waals surface area contributed by atoms with Gasteiger partial charge in [0.2, 0.25) is 5.91 Å². The first-order valence-corrected chi connectivity index (χ1v) is 7.17. The highest BCUT2D eigenvalue weighted by atomic mass is 16.5. The molecule has 0 saturated carbocycles. The van der Waals surface area contributed by atoms with Crippen LogP contribution in [0.5, 0.6) is 5.75 Å². The lowest BCUT2D eigenvalue weighted by Crippen LogP contribution is -2.14. The lowest BCUT2D eigenvalue weighted by atomic mass is 10.1. The lowest BCUT2D eigenvalue weighted by molar-refractivity contribution is -0.115. The molecule has 2 aromatic carbocycles. The van der Waals surface area contributed by atoms with Gasteiger partial charge < -0.3 is 15.0 Å². The molecule has 0 spiro atoms. The van der Waals surface area contributed by atoms with Crippen LogP contribution in [0.2, 0.25) is 0 Å². The first-order chi connectivity index (χ1) is 10.7. The summed E-state index contributed by atoms with van der Waals surface area (Å²) in [6.07, 6.45) is 2.22. The van der Waals surface area contributed by atoms with Gasteiger partial charge in [-0.2, -0.15) is 0 Å². The van der Waals surface area contributed by atoms with E-state index >= 15 is 0 Å². The highest BCUT2D eigenvalue weighted by Gasteiger charge is 2.11. The van der Waals surface area contributed by atoms with Gasteiger partial charge >= 0.3 is 0 Å². The Kier molecular flexibility index (Phi) is 3.83. The van der Waals surface area contributed by atoms with Crippen LogP contribution in [0.3, 0.4) is 0 Å². The van der Waals surface area contributed by atoms with E-state index in [9.17, 15) is 4.79 Å². The molecule has 0 aliphatic carbocycles. The molecule has 1 heterocycles. The van der Waals surface area contributed by atoms with E-state index < -0.39 is 0 Å². The molecule has 112 valence electrons. The maximum absolute atomic E-state index is 12.3. The third kappa shape index (κ3) is 2.81. The summed E-state index contributed by atoms with van der Waals surface area (Å²) in [6, 6.07) is 13.6. The minimum Gasteiger partial charge on any atom is -0.495 e. The number of fused-ring (bicyclic) bond motifs is 1. The number of ether oxygens (including phenoxy) is 1. The zero-order chi connectivity index (χ0) is 15.5. The van der Waals surface area contributed by atoms with Crippen LogP contribution in [0.1, 0.15) is 11.1 Å². The van der Waals surface area contributed by atoms with E-state index in [1.807, 2.05) is 43.5 Å². The average molecular weight is 294 g/mol. The molecule has 0 radical (unpaired) electrons. The quantitative estimate of drug-likeness (QED) is 0.771. The van der Waals surface area contributed by atoms with Crippen LogP contribution in [-0.4, -0.2) is 18.0 Å². The summed E-state index contributed by atoms with van der Waals surface area (Å²) in [4.78, 5) is 15.5. The van der Waals surface area contributed by atoms with Crippen molar-refractivity contribution >= 4 is 22.5 Å². The lowest BCUT2D eigenvalue weighted by Gasteiger charge is -2.09. The van der Waals surface area contributed by atoms with Gasteiger partial charge in [0.25, 0.3) is 0 Å². The minimum atomic E-state index is -0.0639. The fourth-order valence-electron chi connectivity index (χ4n) is 2.56. The number of carbonyl (C=O) groups is 1. The SMILES string of the molecule is COc1ccccc1NC(=O)Cc1c[nH]c2cc(C)ccc12. The van der Waals surface area contributed by atoms with Gasteiger partial charge in [0, 0.05) is 17.1 Å². The van der Waals surface area contributed by atoms with Crippen LogP contribution in [0.25, 0.3) is 10.9 Å². The van der Waals surface area contributed by atoms with Crippen LogP contribution >= 0.6 is 0 Å². The molecule has 1 amide bonds. The molecule has 0 aliphatic rings. The van der Waals surface area contributed by atoms with Crippen molar-refractivity contribution in [2.75, 3.05) is 12.4 Å². The molecule has 22 heavy (non-hydrogen) atoms. The van der Waals surface area contributed by atoms with Gasteiger partial charge in [-0.1, -0.05) is 24.3 Å². The highest BCUT2D eigenvalue weighted by Crippen LogP contribution is 2.24. The van der Waals surface area contributed by atoms with Gasteiger partial charge in [-0.3, -0.25) is 4.79 Å². The molecule has 0 aliphatic heterocycles. The van der Waals surface area contributed by atoms with Gasteiger partial charge in [0.1, 0.15) is 5.75 Å². The maximum Gasteiger partial charge on any atom is 0.228 e. The zero-order valence-electron chi connectivity index (χ0n) is 12.6. The Labute approximate surface area is 129 Å². The van der Waals surface area contributed by atoms with E-state index in [2.05, 4.69) is 22.4 Å². The number of amides is 1. The van der Waals surface area contributed by atoms with Crippen molar-refractivity contribution in [2.45, 2.75) is 13.3 Å². The standard InChI is InChI=1S/C18H18N2O2/c1-12-7-8-14-13(11-19-16(14)9-12)10-18(21)20-15-5-3-4-6-17(15)22-2/h3-9,11,19H,10H2,1-2H3,(H,20,21). The summed E-state index contributed by atoms with van der Waals surface area (Å²) < 4.78 is 5.24. The van der Waals surface area contributed by atoms with Crippen LogP contribution in [-0.2, 0) is 11.2 Å². The van der Waals surface area contributed by atoms with Crippen LogP contribution in [0, 0.1) is 6.92 Å². The number of H-pyrrole nitrogens is 1. The monoisotopic (exact) mass is 294 g/mol. The van der Waals surface area contributed by atoms with Crippen molar-refractivity contribution < 1.29 is 9.53 Å². The molecule has 3 rings (SSSR count). The second kappa shape index (κ2) is 5.93. The highest BCUT2D eigenvalue weighted by molar-refractivity contribution is 5.96. The Morgan fingerprint density at radius 2 is 2.05 bits per heavy atom.